The molecule has 0 aliphatic heterocycles. The van der Waals surface area contributed by atoms with Crippen molar-refractivity contribution in [2.24, 2.45) is 5.92 Å². The van der Waals surface area contributed by atoms with Crippen molar-refractivity contribution >= 4 is 28.7 Å². The number of anilines is 1. The van der Waals surface area contributed by atoms with Crippen LogP contribution in [0.15, 0.2) is 29.0 Å². The number of nitrogens with zero attached hydrogens (tertiary/aromatic N) is 1. The van der Waals surface area contributed by atoms with E-state index in [4.69, 9.17) is 9.52 Å². The molecule has 0 saturated heterocycles. The second kappa shape index (κ2) is 4.25. The lowest BCUT2D eigenvalue weighted by Crippen LogP contribution is -2.26. The van der Waals surface area contributed by atoms with Crippen LogP contribution in [-0.2, 0) is 9.59 Å². The molecule has 1 heterocycles. The maximum atomic E-state index is 11.5. The van der Waals surface area contributed by atoms with Gasteiger partial charge in [-0.1, -0.05) is 0 Å². The van der Waals surface area contributed by atoms with Gasteiger partial charge in [0.05, 0.1) is 0 Å². The number of carboxylic acids is 1. The summed E-state index contributed by atoms with van der Waals surface area (Å²) in [4.78, 5) is 26.0. The first-order valence-electron chi connectivity index (χ1n) is 4.95. The number of carbonyl (C=O) groups is 2. The molecule has 0 aliphatic rings. The second-order valence-electron chi connectivity index (χ2n) is 3.58. The van der Waals surface area contributed by atoms with Crippen molar-refractivity contribution in [3.63, 3.8) is 0 Å². The molecule has 17 heavy (non-hydrogen) atoms. The van der Waals surface area contributed by atoms with Crippen LogP contribution in [0.4, 0.5) is 5.69 Å². The number of amides is 1. The van der Waals surface area contributed by atoms with Crippen LogP contribution in [0.5, 0.6) is 0 Å². The first-order valence-corrected chi connectivity index (χ1v) is 4.95. The first kappa shape index (κ1) is 11.1. The van der Waals surface area contributed by atoms with E-state index in [2.05, 4.69) is 10.3 Å². The zero-order valence-corrected chi connectivity index (χ0v) is 9.01. The van der Waals surface area contributed by atoms with Crippen molar-refractivity contribution < 1.29 is 19.1 Å². The molecular weight excluding hydrogens is 224 g/mol. The van der Waals surface area contributed by atoms with Gasteiger partial charge < -0.3 is 14.8 Å². The van der Waals surface area contributed by atoms with Crippen molar-refractivity contribution in [1.29, 1.82) is 0 Å². The van der Waals surface area contributed by atoms with E-state index >= 15 is 0 Å². The molecule has 1 aromatic carbocycles. The van der Waals surface area contributed by atoms with Crippen molar-refractivity contribution in [3.8, 4) is 0 Å². The number of fused-ring (bicyclic) bond motifs is 1. The minimum atomic E-state index is -1.16. The summed E-state index contributed by atoms with van der Waals surface area (Å²) in [7, 11) is 0. The quantitative estimate of drug-likeness (QED) is 0.785. The number of carbonyl (C=O) groups excluding carboxylic acids is 1. The van der Waals surface area contributed by atoms with Crippen LogP contribution in [0, 0.1) is 5.92 Å². The summed E-state index contributed by atoms with van der Waals surface area (Å²) in [6.07, 6.45) is 1.30. The highest BCUT2D eigenvalue weighted by Crippen LogP contribution is 2.18. The van der Waals surface area contributed by atoms with Crippen molar-refractivity contribution in [3.05, 3.63) is 24.6 Å². The lowest BCUT2D eigenvalue weighted by atomic mass is 10.1. The molecule has 2 rings (SSSR count). The number of nitrogens with one attached hydrogen (secondary N) is 1. The van der Waals surface area contributed by atoms with Gasteiger partial charge in [0.2, 0.25) is 5.91 Å². The van der Waals surface area contributed by atoms with Gasteiger partial charge in [0.25, 0.3) is 0 Å². The highest BCUT2D eigenvalue weighted by atomic mass is 16.4. The monoisotopic (exact) mass is 234 g/mol. The van der Waals surface area contributed by atoms with Crippen LogP contribution in [-0.4, -0.2) is 22.0 Å². The van der Waals surface area contributed by atoms with Crippen LogP contribution in [0.3, 0.4) is 0 Å². The minimum absolute atomic E-state index is 0.479. The molecule has 0 bridgehead atoms. The van der Waals surface area contributed by atoms with Crippen molar-refractivity contribution in [2.45, 2.75) is 6.92 Å². The van der Waals surface area contributed by atoms with E-state index in [1.165, 1.54) is 13.3 Å². The SMILES string of the molecule is CC(C(=O)O)C(=O)Nc1ccc2ncoc2c1. The zero-order chi connectivity index (χ0) is 12.4. The average Bonchev–Trinajstić information content (AvgIpc) is 2.74. The van der Waals surface area contributed by atoms with Crippen LogP contribution < -0.4 is 5.32 Å². The number of rotatable bonds is 3. The number of hydrogen-bond donors (Lipinski definition) is 2. The number of aliphatic carboxylic acids is 1. The summed E-state index contributed by atoms with van der Waals surface area (Å²) in [6, 6.07) is 4.91. The largest absolute Gasteiger partial charge is 0.481 e. The molecule has 2 aromatic rings. The van der Waals surface area contributed by atoms with E-state index in [1.807, 2.05) is 0 Å². The third-order valence-corrected chi connectivity index (χ3v) is 2.36. The van der Waals surface area contributed by atoms with Gasteiger partial charge in [-0.2, -0.15) is 0 Å². The Morgan fingerprint density at radius 2 is 2.24 bits per heavy atom. The molecule has 1 unspecified atom stereocenters. The van der Waals surface area contributed by atoms with E-state index in [0.29, 0.717) is 16.8 Å². The maximum absolute atomic E-state index is 11.5. The summed E-state index contributed by atoms with van der Waals surface area (Å²) in [6.45, 7) is 1.32. The van der Waals surface area contributed by atoms with Gasteiger partial charge in [0.1, 0.15) is 11.4 Å². The Kier molecular flexibility index (Phi) is 2.78. The summed E-state index contributed by atoms with van der Waals surface area (Å²) in [5.74, 6) is -2.83. The lowest BCUT2D eigenvalue weighted by molar-refractivity contribution is -0.144. The Morgan fingerprint density at radius 3 is 2.94 bits per heavy atom. The van der Waals surface area contributed by atoms with Crippen LogP contribution >= 0.6 is 0 Å². The molecule has 0 saturated carbocycles. The number of benzene rings is 1. The number of oxazole rings is 1. The standard InChI is InChI=1S/C11H10N2O4/c1-6(11(15)16)10(14)13-7-2-3-8-9(4-7)17-5-12-8/h2-6H,1H3,(H,13,14)(H,15,16). The van der Waals surface area contributed by atoms with Crippen LogP contribution in [0.1, 0.15) is 6.92 Å². The molecule has 1 atom stereocenters. The van der Waals surface area contributed by atoms with E-state index in [0.717, 1.165) is 0 Å². The summed E-state index contributed by atoms with van der Waals surface area (Å²) >= 11 is 0. The number of hydrogen-bond acceptors (Lipinski definition) is 4. The maximum Gasteiger partial charge on any atom is 0.315 e. The van der Waals surface area contributed by atoms with Crippen molar-refractivity contribution in [1.82, 2.24) is 4.98 Å². The van der Waals surface area contributed by atoms with Crippen LogP contribution in [0.25, 0.3) is 11.1 Å². The molecule has 0 aliphatic carbocycles. The summed E-state index contributed by atoms with van der Waals surface area (Å²) in [5.41, 5.74) is 1.69. The van der Waals surface area contributed by atoms with Gasteiger partial charge in [-0.3, -0.25) is 9.59 Å². The van der Waals surface area contributed by atoms with E-state index in [-0.39, 0.29) is 0 Å². The lowest BCUT2D eigenvalue weighted by Gasteiger charge is -2.07. The Bertz CT molecular complexity index is 576. The van der Waals surface area contributed by atoms with Gasteiger partial charge >= 0.3 is 5.97 Å². The van der Waals surface area contributed by atoms with Gasteiger partial charge in [-0.05, 0) is 19.1 Å². The second-order valence-corrected chi connectivity index (χ2v) is 3.58. The Balaban J connectivity index is 2.18. The fourth-order valence-corrected chi connectivity index (χ4v) is 1.30. The summed E-state index contributed by atoms with van der Waals surface area (Å²) in [5, 5.41) is 11.2. The predicted octanol–water partition coefficient (Wildman–Crippen LogP) is 1.49. The average molecular weight is 234 g/mol. The minimum Gasteiger partial charge on any atom is -0.481 e. The molecule has 6 nitrogen and oxygen atoms in total. The van der Waals surface area contributed by atoms with Crippen molar-refractivity contribution in [2.75, 3.05) is 5.32 Å². The Hall–Kier alpha value is -2.37. The third kappa shape index (κ3) is 2.25. The fourth-order valence-electron chi connectivity index (χ4n) is 1.30. The molecule has 0 spiro atoms. The topological polar surface area (TPSA) is 92.4 Å². The molecule has 0 fully saturated rings. The zero-order valence-electron chi connectivity index (χ0n) is 9.01. The van der Waals surface area contributed by atoms with E-state index < -0.39 is 17.8 Å². The molecule has 1 aromatic heterocycles. The van der Waals surface area contributed by atoms with Gasteiger partial charge in [-0.25, -0.2) is 4.98 Å². The van der Waals surface area contributed by atoms with E-state index in [1.54, 1.807) is 18.2 Å². The molecule has 2 N–H and O–H groups in total. The van der Waals surface area contributed by atoms with Gasteiger partial charge in [0, 0.05) is 11.8 Å². The Morgan fingerprint density at radius 1 is 1.47 bits per heavy atom. The summed E-state index contributed by atoms with van der Waals surface area (Å²) < 4.78 is 5.07. The third-order valence-electron chi connectivity index (χ3n) is 2.36. The van der Waals surface area contributed by atoms with Gasteiger partial charge in [0.15, 0.2) is 12.0 Å². The number of aromatic nitrogens is 1. The molecule has 6 heteroatoms. The highest BCUT2D eigenvalue weighted by molar-refractivity contribution is 6.04. The Labute approximate surface area is 96.3 Å². The van der Waals surface area contributed by atoms with Crippen LogP contribution in [0.2, 0.25) is 0 Å². The van der Waals surface area contributed by atoms with Gasteiger partial charge in [-0.15, -0.1) is 0 Å². The normalized spacial score (nSPS) is 12.3. The smallest absolute Gasteiger partial charge is 0.315 e. The molecule has 0 radical (unpaired) electrons. The molecular formula is C11H10N2O4. The fraction of sp³-hybridized carbons (Fsp3) is 0.182. The first-order chi connectivity index (χ1) is 8.08. The molecule has 88 valence electrons. The predicted molar refractivity (Wildman–Crippen MR) is 59.4 cm³/mol. The highest BCUT2D eigenvalue weighted by Gasteiger charge is 2.20. The van der Waals surface area contributed by atoms with E-state index in [9.17, 15) is 9.59 Å². The molecule has 1 amide bonds. The number of carboxylic acid groups (broad SMARTS) is 1.